The van der Waals surface area contributed by atoms with Gasteiger partial charge in [-0.3, -0.25) is 0 Å². The van der Waals surface area contributed by atoms with Crippen molar-refractivity contribution in [3.05, 3.63) is 41.2 Å². The molecule has 2 N–H and O–H groups in total. The van der Waals surface area contributed by atoms with Crippen LogP contribution in [0.15, 0.2) is 30.6 Å². The molecule has 0 aliphatic rings. The van der Waals surface area contributed by atoms with Crippen molar-refractivity contribution in [3.63, 3.8) is 0 Å². The molecule has 2 aromatic rings. The molecule has 1 aromatic carbocycles. The molecule has 3 nitrogen and oxygen atoms in total. The van der Waals surface area contributed by atoms with Crippen LogP contribution in [-0.4, -0.2) is 9.78 Å². The molecule has 1 aromatic heterocycles. The molecule has 14 heavy (non-hydrogen) atoms. The van der Waals surface area contributed by atoms with Gasteiger partial charge < -0.3 is 5.73 Å². The fourth-order valence-corrected chi connectivity index (χ4v) is 1.46. The molecule has 1 heterocycles. The molecule has 0 aliphatic carbocycles. The first-order chi connectivity index (χ1) is 6.66. The highest BCUT2D eigenvalue weighted by Crippen LogP contribution is 2.19. The molecular formula is C10H10ClN3. The Morgan fingerprint density at radius 1 is 1.43 bits per heavy atom. The van der Waals surface area contributed by atoms with Crippen molar-refractivity contribution >= 4 is 17.3 Å². The first-order valence-electron chi connectivity index (χ1n) is 4.23. The molecule has 0 aliphatic heterocycles. The second-order valence-electron chi connectivity index (χ2n) is 3.15. The number of nitrogen functional groups attached to an aromatic ring is 1. The number of rotatable bonds is 1. The highest BCUT2D eigenvalue weighted by Gasteiger charge is 2.02. The first kappa shape index (κ1) is 9.09. The number of aromatic nitrogens is 2. The monoisotopic (exact) mass is 207 g/mol. The third kappa shape index (κ3) is 1.59. The Balaban J connectivity index is 2.55. The molecule has 4 heteroatoms. The fourth-order valence-electron chi connectivity index (χ4n) is 1.30. The second kappa shape index (κ2) is 3.35. The van der Waals surface area contributed by atoms with E-state index in [2.05, 4.69) is 5.10 Å². The van der Waals surface area contributed by atoms with Gasteiger partial charge >= 0.3 is 0 Å². The van der Waals surface area contributed by atoms with E-state index in [1.54, 1.807) is 17.1 Å². The number of hydrogen-bond acceptors (Lipinski definition) is 2. The van der Waals surface area contributed by atoms with Crippen LogP contribution < -0.4 is 5.73 Å². The largest absolute Gasteiger partial charge is 0.396 e. The lowest BCUT2D eigenvalue weighted by Crippen LogP contribution is -1.96. The summed E-state index contributed by atoms with van der Waals surface area (Å²) < 4.78 is 1.72. The van der Waals surface area contributed by atoms with Gasteiger partial charge in [-0.05, 0) is 24.6 Å². The summed E-state index contributed by atoms with van der Waals surface area (Å²) in [4.78, 5) is 0. The number of anilines is 1. The Bertz CT molecular complexity index is 462. The summed E-state index contributed by atoms with van der Waals surface area (Å²) in [5, 5.41) is 4.82. The van der Waals surface area contributed by atoms with Gasteiger partial charge in [-0.1, -0.05) is 17.7 Å². The van der Waals surface area contributed by atoms with E-state index < -0.39 is 0 Å². The van der Waals surface area contributed by atoms with Crippen LogP contribution in [0.1, 0.15) is 5.56 Å². The van der Waals surface area contributed by atoms with Gasteiger partial charge in [-0.15, -0.1) is 0 Å². The number of nitrogens with two attached hydrogens (primary N) is 1. The maximum atomic E-state index is 5.90. The molecule has 72 valence electrons. The Kier molecular flexibility index (Phi) is 2.17. The van der Waals surface area contributed by atoms with Crippen molar-refractivity contribution in [2.24, 2.45) is 0 Å². The topological polar surface area (TPSA) is 43.8 Å². The second-order valence-corrected chi connectivity index (χ2v) is 3.59. The van der Waals surface area contributed by atoms with Crippen LogP contribution in [0.25, 0.3) is 5.69 Å². The average Bonchev–Trinajstić information content (AvgIpc) is 2.56. The van der Waals surface area contributed by atoms with E-state index in [1.807, 2.05) is 25.1 Å². The van der Waals surface area contributed by atoms with E-state index >= 15 is 0 Å². The summed E-state index contributed by atoms with van der Waals surface area (Å²) in [6, 6.07) is 5.67. The van der Waals surface area contributed by atoms with E-state index in [0.29, 0.717) is 10.7 Å². The fraction of sp³-hybridized carbons (Fsp3) is 0.100. The molecular weight excluding hydrogens is 198 g/mol. The van der Waals surface area contributed by atoms with Crippen LogP contribution in [0, 0.1) is 6.92 Å². The van der Waals surface area contributed by atoms with Crippen LogP contribution in [-0.2, 0) is 0 Å². The number of aryl methyl sites for hydroxylation is 1. The van der Waals surface area contributed by atoms with Crippen molar-refractivity contribution in [1.29, 1.82) is 0 Å². The van der Waals surface area contributed by atoms with Gasteiger partial charge in [0.05, 0.1) is 23.8 Å². The minimum Gasteiger partial charge on any atom is -0.396 e. The molecule has 0 radical (unpaired) electrons. The minimum atomic E-state index is 0.643. The summed E-state index contributed by atoms with van der Waals surface area (Å²) in [5.41, 5.74) is 8.29. The van der Waals surface area contributed by atoms with E-state index in [4.69, 9.17) is 17.3 Å². The predicted octanol–water partition coefficient (Wildman–Crippen LogP) is 2.42. The number of halogens is 1. The van der Waals surface area contributed by atoms with Gasteiger partial charge in [0.15, 0.2) is 0 Å². The highest BCUT2D eigenvalue weighted by molar-refractivity contribution is 6.30. The molecule has 0 unspecified atom stereocenters. The number of benzene rings is 1. The molecule has 0 bridgehead atoms. The summed E-state index contributed by atoms with van der Waals surface area (Å²) in [6.07, 6.45) is 3.37. The molecule has 0 fully saturated rings. The SMILES string of the molecule is Cc1ccc(Cl)cc1-n1cc(N)cn1. The van der Waals surface area contributed by atoms with E-state index in [0.717, 1.165) is 11.3 Å². The predicted molar refractivity (Wildman–Crippen MR) is 57.7 cm³/mol. The van der Waals surface area contributed by atoms with Crippen molar-refractivity contribution in [2.45, 2.75) is 6.92 Å². The van der Waals surface area contributed by atoms with Crippen molar-refractivity contribution < 1.29 is 0 Å². The highest BCUT2D eigenvalue weighted by atomic mass is 35.5. The van der Waals surface area contributed by atoms with E-state index in [1.165, 1.54) is 0 Å². The quantitative estimate of drug-likeness (QED) is 0.781. The lowest BCUT2D eigenvalue weighted by Gasteiger charge is -2.05. The molecule has 0 amide bonds. The average molecular weight is 208 g/mol. The van der Waals surface area contributed by atoms with Crippen LogP contribution in [0.2, 0.25) is 5.02 Å². The first-order valence-corrected chi connectivity index (χ1v) is 4.61. The van der Waals surface area contributed by atoms with Crippen LogP contribution in [0.5, 0.6) is 0 Å². The van der Waals surface area contributed by atoms with Crippen molar-refractivity contribution in [3.8, 4) is 5.69 Å². The maximum Gasteiger partial charge on any atom is 0.0724 e. The zero-order valence-electron chi connectivity index (χ0n) is 7.74. The van der Waals surface area contributed by atoms with Gasteiger partial charge in [0.1, 0.15) is 0 Å². The molecule has 0 saturated heterocycles. The summed E-state index contributed by atoms with van der Waals surface area (Å²) in [5.74, 6) is 0. The maximum absolute atomic E-state index is 5.90. The standard InChI is InChI=1S/C10H10ClN3/c1-7-2-3-8(11)4-10(7)14-6-9(12)5-13-14/h2-6H,12H2,1H3. The van der Waals surface area contributed by atoms with Gasteiger partial charge in [0.2, 0.25) is 0 Å². The zero-order chi connectivity index (χ0) is 10.1. The lowest BCUT2D eigenvalue weighted by atomic mass is 10.2. The van der Waals surface area contributed by atoms with Gasteiger partial charge in [0.25, 0.3) is 0 Å². The van der Waals surface area contributed by atoms with Crippen LogP contribution >= 0.6 is 11.6 Å². The molecule has 0 spiro atoms. The number of nitrogens with zero attached hydrogens (tertiary/aromatic N) is 2. The third-order valence-corrected chi connectivity index (χ3v) is 2.26. The molecule has 2 rings (SSSR count). The minimum absolute atomic E-state index is 0.643. The molecule has 0 saturated carbocycles. The van der Waals surface area contributed by atoms with Crippen LogP contribution in [0.3, 0.4) is 0 Å². The van der Waals surface area contributed by atoms with E-state index in [9.17, 15) is 0 Å². The Labute approximate surface area is 87.1 Å². The van der Waals surface area contributed by atoms with Crippen molar-refractivity contribution in [2.75, 3.05) is 5.73 Å². The Hall–Kier alpha value is -1.48. The van der Waals surface area contributed by atoms with Gasteiger partial charge in [-0.25, -0.2) is 4.68 Å². The molecule has 0 atom stereocenters. The zero-order valence-corrected chi connectivity index (χ0v) is 8.49. The summed E-state index contributed by atoms with van der Waals surface area (Å²) in [7, 11) is 0. The number of hydrogen-bond donors (Lipinski definition) is 1. The lowest BCUT2D eigenvalue weighted by molar-refractivity contribution is 0.873. The van der Waals surface area contributed by atoms with Crippen molar-refractivity contribution in [1.82, 2.24) is 9.78 Å². The van der Waals surface area contributed by atoms with Crippen LogP contribution in [0.4, 0.5) is 5.69 Å². The summed E-state index contributed by atoms with van der Waals surface area (Å²) in [6.45, 7) is 2.00. The summed E-state index contributed by atoms with van der Waals surface area (Å²) >= 11 is 5.90. The Morgan fingerprint density at radius 3 is 2.86 bits per heavy atom. The third-order valence-electron chi connectivity index (χ3n) is 2.02. The Morgan fingerprint density at radius 2 is 2.21 bits per heavy atom. The smallest absolute Gasteiger partial charge is 0.0724 e. The van der Waals surface area contributed by atoms with Gasteiger partial charge in [0, 0.05) is 5.02 Å². The normalized spacial score (nSPS) is 10.4. The van der Waals surface area contributed by atoms with E-state index in [-0.39, 0.29) is 0 Å². The van der Waals surface area contributed by atoms with Gasteiger partial charge in [-0.2, -0.15) is 5.10 Å².